The standard InChI is InChI=1S/C28H21N2O.C12H10N.Ir/c1-28(2,3)20-14-15-30-24(16-20)23-11-7-10-21-22-13-12-19(17-29)25(27(22)31-26(21)23)18-8-5-4-6-9-18;1-10-7-8-12(13-9-10)11-5-3-2-4-6-11;/h4-10,12-16H,1-3H3;2-5,7-9H,1H3;/q2*-1;/i;1D3;. The number of hydrogen-bond donors (Lipinski definition) is 0. The average molecular weight is 765 g/mol. The monoisotopic (exact) mass is 765 g/mol. The predicted octanol–water partition coefficient (Wildman–Crippen LogP) is 10.1. The van der Waals surface area contributed by atoms with E-state index >= 15 is 0 Å². The molecule has 0 aliphatic carbocycles. The third kappa shape index (κ3) is 6.64. The Hall–Kier alpha value is -4.88. The molecule has 3 aromatic heterocycles. The second kappa shape index (κ2) is 13.4. The van der Waals surface area contributed by atoms with Gasteiger partial charge in [0, 0.05) is 47.6 Å². The van der Waals surface area contributed by atoms with E-state index in [9.17, 15) is 5.26 Å². The van der Waals surface area contributed by atoms with E-state index in [-0.39, 0.29) is 31.1 Å². The van der Waals surface area contributed by atoms with Crippen LogP contribution in [0.3, 0.4) is 0 Å². The second-order valence-electron chi connectivity index (χ2n) is 11.4. The van der Waals surface area contributed by atoms with Gasteiger partial charge < -0.3 is 14.4 Å². The summed E-state index contributed by atoms with van der Waals surface area (Å²) in [6, 6.07) is 41.3. The number of nitrogens with zero attached hydrogens (tertiary/aromatic N) is 3. The Morgan fingerprint density at radius 3 is 2.29 bits per heavy atom. The summed E-state index contributed by atoms with van der Waals surface area (Å²) in [5, 5.41) is 11.7. The quantitative estimate of drug-likeness (QED) is 0.168. The molecule has 7 aromatic rings. The SMILES string of the molecule is CC(C)(C)c1ccnc(-c2[c-]ccc3c2oc2c(-c4ccccc4)c(C#N)ccc23)c1.[2H]C([2H])([2H])c1ccc(-c2[c-]cccc2)nc1.[Ir]. The minimum absolute atomic E-state index is 0. The largest absolute Gasteiger partial charge is 0.500 e. The molecule has 0 unspecified atom stereocenters. The molecule has 1 radical (unpaired) electrons. The number of aromatic nitrogens is 2. The number of pyridine rings is 2. The van der Waals surface area contributed by atoms with Crippen LogP contribution < -0.4 is 0 Å². The third-order valence-electron chi connectivity index (χ3n) is 7.41. The van der Waals surface area contributed by atoms with Gasteiger partial charge in [-0.25, -0.2) is 0 Å². The Labute approximate surface area is 282 Å². The molecule has 0 aliphatic heterocycles. The topological polar surface area (TPSA) is 62.7 Å². The van der Waals surface area contributed by atoms with Crippen molar-refractivity contribution in [1.29, 1.82) is 5.26 Å². The number of fused-ring (bicyclic) bond motifs is 3. The summed E-state index contributed by atoms with van der Waals surface area (Å²) in [5.74, 6) is 0. The molecule has 0 fully saturated rings. The van der Waals surface area contributed by atoms with Gasteiger partial charge in [-0.3, -0.25) is 0 Å². The van der Waals surface area contributed by atoms with Crippen LogP contribution in [0.25, 0.3) is 55.6 Å². The molecule has 0 atom stereocenters. The average Bonchev–Trinajstić information content (AvgIpc) is 3.47. The van der Waals surface area contributed by atoms with Crippen LogP contribution in [0.4, 0.5) is 0 Å². The summed E-state index contributed by atoms with van der Waals surface area (Å²) in [5.41, 5.74) is 8.56. The molecule has 3 heterocycles. The van der Waals surface area contributed by atoms with Crippen LogP contribution in [0.15, 0.2) is 120 Å². The fourth-order valence-electron chi connectivity index (χ4n) is 5.12. The summed E-state index contributed by atoms with van der Waals surface area (Å²) in [4.78, 5) is 8.74. The molecule has 0 saturated carbocycles. The predicted molar refractivity (Wildman–Crippen MR) is 178 cm³/mol. The van der Waals surface area contributed by atoms with Crippen molar-refractivity contribution in [3.8, 4) is 39.7 Å². The van der Waals surface area contributed by atoms with Gasteiger partial charge in [-0.1, -0.05) is 86.3 Å². The molecule has 4 nitrogen and oxygen atoms in total. The molecule has 0 amide bonds. The smallest absolute Gasteiger partial charge is 0.130 e. The van der Waals surface area contributed by atoms with Crippen molar-refractivity contribution in [3.05, 3.63) is 144 Å². The summed E-state index contributed by atoms with van der Waals surface area (Å²) in [6.45, 7) is 4.47. The molecule has 7 rings (SSSR count). The van der Waals surface area contributed by atoms with Crippen molar-refractivity contribution >= 4 is 21.9 Å². The Morgan fingerprint density at radius 2 is 1.60 bits per heavy atom. The van der Waals surface area contributed by atoms with Crippen LogP contribution in [0.5, 0.6) is 0 Å². The first-order chi connectivity index (χ1) is 22.5. The van der Waals surface area contributed by atoms with Crippen LogP contribution in [-0.4, -0.2) is 9.97 Å². The molecule has 0 N–H and O–H groups in total. The van der Waals surface area contributed by atoms with Crippen LogP contribution >= 0.6 is 0 Å². The van der Waals surface area contributed by atoms with E-state index < -0.39 is 6.85 Å². The van der Waals surface area contributed by atoms with Gasteiger partial charge in [0.1, 0.15) is 5.58 Å². The number of benzene rings is 4. The summed E-state index contributed by atoms with van der Waals surface area (Å²) < 4.78 is 28.2. The maximum Gasteiger partial charge on any atom is 0.130 e. The van der Waals surface area contributed by atoms with Gasteiger partial charge in [-0.05, 0) is 52.5 Å². The molecule has 223 valence electrons. The zero-order valence-electron chi connectivity index (χ0n) is 28.1. The molecule has 45 heavy (non-hydrogen) atoms. The van der Waals surface area contributed by atoms with E-state index in [1.807, 2.05) is 79.0 Å². The molecule has 5 heteroatoms. The van der Waals surface area contributed by atoms with Crippen molar-refractivity contribution in [3.63, 3.8) is 0 Å². The Balaban J connectivity index is 0.000000224. The first kappa shape index (κ1) is 27.7. The molecule has 0 spiro atoms. The van der Waals surface area contributed by atoms with Crippen molar-refractivity contribution < 1.29 is 28.6 Å². The number of aryl methyl sites for hydroxylation is 1. The fourth-order valence-corrected chi connectivity index (χ4v) is 5.12. The first-order valence-electron chi connectivity index (χ1n) is 15.8. The zero-order valence-corrected chi connectivity index (χ0v) is 27.4. The van der Waals surface area contributed by atoms with Gasteiger partial charge >= 0.3 is 0 Å². The fraction of sp³-hybridized carbons (Fsp3) is 0.125. The number of hydrogen-bond acceptors (Lipinski definition) is 4. The minimum Gasteiger partial charge on any atom is -0.500 e. The van der Waals surface area contributed by atoms with E-state index in [4.69, 9.17) is 8.53 Å². The van der Waals surface area contributed by atoms with Gasteiger partial charge in [0.2, 0.25) is 0 Å². The Bertz CT molecular complexity index is 2220. The second-order valence-corrected chi connectivity index (χ2v) is 11.4. The Kier molecular flexibility index (Phi) is 8.24. The van der Waals surface area contributed by atoms with E-state index in [0.29, 0.717) is 11.1 Å². The van der Waals surface area contributed by atoms with Crippen LogP contribution in [0, 0.1) is 30.3 Å². The molecule has 0 saturated heterocycles. The van der Waals surface area contributed by atoms with E-state index in [0.717, 1.165) is 50.0 Å². The molecule has 4 aromatic carbocycles. The van der Waals surface area contributed by atoms with Crippen LogP contribution in [0.1, 0.15) is 41.6 Å². The first-order valence-corrected chi connectivity index (χ1v) is 14.3. The van der Waals surface area contributed by atoms with Gasteiger partial charge in [0.05, 0.1) is 17.2 Å². The molecule has 0 bridgehead atoms. The van der Waals surface area contributed by atoms with E-state index in [1.165, 1.54) is 11.8 Å². The minimum atomic E-state index is -2.09. The van der Waals surface area contributed by atoms with Crippen molar-refractivity contribution in [2.45, 2.75) is 33.0 Å². The number of furan rings is 1. The molecule has 0 aliphatic rings. The number of rotatable bonds is 3. The summed E-state index contributed by atoms with van der Waals surface area (Å²) >= 11 is 0. The molecular weight excluding hydrogens is 731 g/mol. The Morgan fingerprint density at radius 1 is 0.800 bits per heavy atom. The van der Waals surface area contributed by atoms with Gasteiger partial charge in [0.25, 0.3) is 0 Å². The zero-order chi connectivity index (χ0) is 33.2. The van der Waals surface area contributed by atoms with Gasteiger partial charge in [-0.2, -0.15) is 5.26 Å². The van der Waals surface area contributed by atoms with Crippen LogP contribution in [-0.2, 0) is 25.5 Å². The van der Waals surface area contributed by atoms with E-state index in [1.54, 1.807) is 18.2 Å². The number of nitriles is 1. The van der Waals surface area contributed by atoms with Crippen molar-refractivity contribution in [2.24, 2.45) is 0 Å². The molecular formula is C40H31IrN3O-2. The van der Waals surface area contributed by atoms with Crippen molar-refractivity contribution in [2.75, 3.05) is 0 Å². The normalized spacial score (nSPS) is 12.2. The third-order valence-corrected chi connectivity index (χ3v) is 7.41. The maximum absolute atomic E-state index is 9.75. The van der Waals surface area contributed by atoms with Crippen molar-refractivity contribution in [1.82, 2.24) is 9.97 Å². The van der Waals surface area contributed by atoms with E-state index in [2.05, 4.69) is 61.1 Å². The summed E-state index contributed by atoms with van der Waals surface area (Å²) in [6.07, 6.45) is 3.23. The van der Waals surface area contributed by atoms with Gasteiger partial charge in [-0.15, -0.1) is 54.1 Å². The summed E-state index contributed by atoms with van der Waals surface area (Å²) in [7, 11) is 0. The maximum atomic E-state index is 9.75. The van der Waals surface area contributed by atoms with Crippen LogP contribution in [0.2, 0.25) is 0 Å². The van der Waals surface area contributed by atoms with Gasteiger partial charge in [0.15, 0.2) is 0 Å².